The molecule has 2 rings (SSSR count). The lowest BCUT2D eigenvalue weighted by Crippen LogP contribution is -2.28. The molecule has 0 unspecified atom stereocenters. The average molecular weight is 335 g/mol. The molecule has 0 aliphatic heterocycles. The van der Waals surface area contributed by atoms with Gasteiger partial charge >= 0.3 is 0 Å². The number of ether oxygens (including phenoxy) is 2. The Hall–Kier alpha value is -2.05. The number of benzene rings is 2. The summed E-state index contributed by atoms with van der Waals surface area (Å²) in [5.74, 6) is 1.41. The molecule has 124 valence electrons. The minimum absolute atomic E-state index is 0.196. The van der Waals surface area contributed by atoms with E-state index >= 15 is 0 Å². The van der Waals surface area contributed by atoms with Crippen LogP contribution in [0, 0.1) is 13.8 Å². The Morgan fingerprint density at radius 3 is 2.22 bits per heavy atom. The molecule has 0 bridgehead atoms. The Bertz CT molecular complexity index is 755. The summed E-state index contributed by atoms with van der Waals surface area (Å²) in [4.78, 5) is 0.269. The smallest absolute Gasteiger partial charge is 0.240 e. The second kappa shape index (κ2) is 7.48. The SMILES string of the molecule is COc1ccc(OCCNS(=O)(=O)c2ccc(C)c(C)c2)cc1. The van der Waals surface area contributed by atoms with Crippen LogP contribution in [-0.4, -0.2) is 28.7 Å². The van der Waals surface area contributed by atoms with Crippen molar-refractivity contribution in [2.75, 3.05) is 20.3 Å². The van der Waals surface area contributed by atoms with E-state index in [0.717, 1.165) is 16.9 Å². The third-order valence-electron chi connectivity index (χ3n) is 3.51. The first-order valence-corrected chi connectivity index (χ1v) is 8.74. The normalized spacial score (nSPS) is 11.3. The number of sulfonamides is 1. The molecule has 0 fully saturated rings. The molecule has 0 saturated heterocycles. The van der Waals surface area contributed by atoms with Crippen LogP contribution in [0.1, 0.15) is 11.1 Å². The van der Waals surface area contributed by atoms with Crippen molar-refractivity contribution in [2.24, 2.45) is 0 Å². The first-order valence-electron chi connectivity index (χ1n) is 7.26. The molecule has 0 aliphatic carbocycles. The first kappa shape index (κ1) is 17.3. The summed E-state index contributed by atoms with van der Waals surface area (Å²) >= 11 is 0. The maximum atomic E-state index is 12.2. The quantitative estimate of drug-likeness (QED) is 0.790. The van der Waals surface area contributed by atoms with Crippen molar-refractivity contribution in [2.45, 2.75) is 18.7 Å². The van der Waals surface area contributed by atoms with Gasteiger partial charge in [0.1, 0.15) is 18.1 Å². The molecule has 0 amide bonds. The molecule has 1 N–H and O–H groups in total. The molecule has 0 aliphatic rings. The van der Waals surface area contributed by atoms with Crippen LogP contribution < -0.4 is 14.2 Å². The highest BCUT2D eigenvalue weighted by Gasteiger charge is 2.13. The third kappa shape index (κ3) is 4.71. The van der Waals surface area contributed by atoms with E-state index in [-0.39, 0.29) is 18.0 Å². The molecule has 23 heavy (non-hydrogen) atoms. The monoisotopic (exact) mass is 335 g/mol. The molecule has 0 saturated carbocycles. The van der Waals surface area contributed by atoms with Crippen LogP contribution in [0.15, 0.2) is 47.4 Å². The van der Waals surface area contributed by atoms with Crippen molar-refractivity contribution in [1.82, 2.24) is 4.72 Å². The summed E-state index contributed by atoms with van der Waals surface area (Å²) in [6.45, 7) is 4.28. The molecule has 0 aromatic heterocycles. The summed E-state index contributed by atoms with van der Waals surface area (Å²) in [6, 6.07) is 12.2. The lowest BCUT2D eigenvalue weighted by molar-refractivity contribution is 0.322. The lowest BCUT2D eigenvalue weighted by atomic mass is 10.1. The summed E-state index contributed by atoms with van der Waals surface area (Å²) in [5, 5.41) is 0. The Labute approximate surface area is 137 Å². The third-order valence-corrected chi connectivity index (χ3v) is 4.97. The van der Waals surface area contributed by atoms with Crippen molar-refractivity contribution in [3.8, 4) is 11.5 Å². The molecule has 0 heterocycles. The summed E-state index contributed by atoms with van der Waals surface area (Å²) in [6.07, 6.45) is 0. The van der Waals surface area contributed by atoms with Crippen molar-refractivity contribution in [1.29, 1.82) is 0 Å². The fourth-order valence-corrected chi connectivity index (χ4v) is 3.08. The Morgan fingerprint density at radius 1 is 0.957 bits per heavy atom. The van der Waals surface area contributed by atoms with Crippen LogP contribution in [0.5, 0.6) is 11.5 Å². The highest BCUT2D eigenvalue weighted by molar-refractivity contribution is 7.89. The zero-order valence-electron chi connectivity index (χ0n) is 13.5. The van der Waals surface area contributed by atoms with Gasteiger partial charge in [-0.1, -0.05) is 6.07 Å². The zero-order chi connectivity index (χ0) is 16.9. The molecule has 0 radical (unpaired) electrons. The summed E-state index contributed by atoms with van der Waals surface area (Å²) < 4.78 is 37.5. The van der Waals surface area contributed by atoms with E-state index in [1.807, 2.05) is 13.8 Å². The molecule has 0 atom stereocenters. The van der Waals surface area contributed by atoms with Gasteiger partial charge in [0.05, 0.1) is 12.0 Å². The minimum Gasteiger partial charge on any atom is -0.497 e. The van der Waals surface area contributed by atoms with E-state index < -0.39 is 10.0 Å². The fourth-order valence-electron chi connectivity index (χ4n) is 1.98. The van der Waals surface area contributed by atoms with E-state index in [0.29, 0.717) is 5.75 Å². The van der Waals surface area contributed by atoms with Gasteiger partial charge in [-0.15, -0.1) is 0 Å². The van der Waals surface area contributed by atoms with Gasteiger partial charge in [-0.2, -0.15) is 0 Å². The van der Waals surface area contributed by atoms with Crippen LogP contribution in [0.4, 0.5) is 0 Å². The number of nitrogens with one attached hydrogen (secondary N) is 1. The van der Waals surface area contributed by atoms with Crippen molar-refractivity contribution >= 4 is 10.0 Å². The summed E-state index contributed by atoms with van der Waals surface area (Å²) in [7, 11) is -1.92. The standard InChI is InChI=1S/C17H21NO4S/c1-13-4-9-17(12-14(13)2)23(19,20)18-10-11-22-16-7-5-15(21-3)6-8-16/h4-9,12,18H,10-11H2,1-3H3. The second-order valence-corrected chi connectivity index (χ2v) is 6.93. The van der Waals surface area contributed by atoms with Crippen molar-refractivity contribution in [3.05, 3.63) is 53.6 Å². The molecule has 6 heteroatoms. The van der Waals surface area contributed by atoms with Crippen LogP contribution in [0.3, 0.4) is 0 Å². The topological polar surface area (TPSA) is 64.6 Å². The first-order chi connectivity index (χ1) is 10.9. The van der Waals surface area contributed by atoms with Crippen LogP contribution in [0.25, 0.3) is 0 Å². The Balaban J connectivity index is 1.88. The molecule has 2 aromatic rings. The molecule has 0 spiro atoms. The Kier molecular flexibility index (Phi) is 5.63. The number of aryl methyl sites for hydroxylation is 2. The van der Waals surface area contributed by atoms with Gasteiger partial charge in [0.15, 0.2) is 0 Å². The van der Waals surface area contributed by atoms with E-state index in [4.69, 9.17) is 9.47 Å². The molecular weight excluding hydrogens is 314 g/mol. The van der Waals surface area contributed by atoms with E-state index in [1.54, 1.807) is 49.6 Å². The lowest BCUT2D eigenvalue weighted by Gasteiger charge is -2.10. The number of rotatable bonds is 7. The van der Waals surface area contributed by atoms with Crippen molar-refractivity contribution < 1.29 is 17.9 Å². The van der Waals surface area contributed by atoms with Crippen LogP contribution in [-0.2, 0) is 10.0 Å². The Morgan fingerprint density at radius 2 is 1.61 bits per heavy atom. The minimum atomic E-state index is -3.51. The van der Waals surface area contributed by atoms with E-state index in [9.17, 15) is 8.42 Å². The van der Waals surface area contributed by atoms with Gasteiger partial charge < -0.3 is 9.47 Å². The van der Waals surface area contributed by atoms with Gasteiger partial charge in [0.25, 0.3) is 0 Å². The van der Waals surface area contributed by atoms with Gasteiger partial charge in [-0.3, -0.25) is 0 Å². The highest BCUT2D eigenvalue weighted by atomic mass is 32.2. The maximum Gasteiger partial charge on any atom is 0.240 e. The van der Waals surface area contributed by atoms with E-state index in [2.05, 4.69) is 4.72 Å². The highest BCUT2D eigenvalue weighted by Crippen LogP contribution is 2.17. The fraction of sp³-hybridized carbons (Fsp3) is 0.294. The number of hydrogen-bond acceptors (Lipinski definition) is 4. The zero-order valence-corrected chi connectivity index (χ0v) is 14.3. The average Bonchev–Trinajstić information content (AvgIpc) is 2.54. The largest absolute Gasteiger partial charge is 0.497 e. The van der Waals surface area contributed by atoms with Crippen molar-refractivity contribution in [3.63, 3.8) is 0 Å². The van der Waals surface area contributed by atoms with Gasteiger partial charge in [-0.25, -0.2) is 13.1 Å². The number of hydrogen-bond donors (Lipinski definition) is 1. The summed E-state index contributed by atoms with van der Waals surface area (Å²) in [5.41, 5.74) is 2.01. The molecule has 5 nitrogen and oxygen atoms in total. The second-order valence-electron chi connectivity index (χ2n) is 5.17. The predicted molar refractivity (Wildman–Crippen MR) is 89.6 cm³/mol. The van der Waals surface area contributed by atoms with Crippen LogP contribution in [0.2, 0.25) is 0 Å². The maximum absolute atomic E-state index is 12.2. The van der Waals surface area contributed by atoms with Gasteiger partial charge in [0.2, 0.25) is 10.0 Å². The van der Waals surface area contributed by atoms with Crippen LogP contribution >= 0.6 is 0 Å². The molecular formula is C17H21NO4S. The van der Waals surface area contributed by atoms with Gasteiger partial charge in [-0.05, 0) is 61.4 Å². The number of methoxy groups -OCH3 is 1. The predicted octanol–water partition coefficient (Wildman–Crippen LogP) is 2.67. The van der Waals surface area contributed by atoms with E-state index in [1.165, 1.54) is 0 Å². The van der Waals surface area contributed by atoms with Gasteiger partial charge in [0, 0.05) is 6.54 Å². The molecule has 2 aromatic carbocycles.